The molecule has 0 atom stereocenters. The van der Waals surface area contributed by atoms with Gasteiger partial charge in [-0.2, -0.15) is 0 Å². The Morgan fingerprint density at radius 1 is 1.21 bits per heavy atom. The molecule has 0 aliphatic heterocycles. The normalized spacial score (nSPS) is 16.3. The molecule has 0 aromatic heterocycles. The molecular weight excluding hydrogens is 265 g/mol. The molecule has 1 N–H and O–H groups in total. The van der Waals surface area contributed by atoms with Crippen molar-refractivity contribution in [3.63, 3.8) is 0 Å². The van der Waals surface area contributed by atoms with Crippen molar-refractivity contribution in [3.8, 4) is 0 Å². The van der Waals surface area contributed by atoms with Gasteiger partial charge in [0, 0.05) is 16.8 Å². The summed E-state index contributed by atoms with van der Waals surface area (Å²) in [6, 6.07) is 9.85. The lowest BCUT2D eigenvalue weighted by atomic mass is 10.0. The summed E-state index contributed by atoms with van der Waals surface area (Å²) in [6.07, 6.45) is 1.81. The molecule has 1 fully saturated rings. The van der Waals surface area contributed by atoms with Crippen molar-refractivity contribution in [2.75, 3.05) is 5.88 Å². The lowest BCUT2D eigenvalue weighted by Gasteiger charge is -2.15. The molecule has 1 aliphatic carbocycles. The number of hydrogen-bond donors (Lipinski definition) is 1. The fraction of sp³-hybridized carbons (Fsp3) is 0.267. The van der Waals surface area contributed by atoms with Gasteiger partial charge in [0.15, 0.2) is 0 Å². The van der Waals surface area contributed by atoms with E-state index in [9.17, 15) is 9.18 Å². The maximum Gasteiger partial charge on any atom is 0.252 e. The Bertz CT molecular complexity index is 652. The van der Waals surface area contributed by atoms with E-state index in [0.717, 1.165) is 12.8 Å². The molecule has 4 heteroatoms. The monoisotopic (exact) mass is 277 g/mol. The number of carbonyl (C=O) groups is 1. The van der Waals surface area contributed by atoms with Gasteiger partial charge >= 0.3 is 0 Å². The largest absolute Gasteiger partial charge is 0.345 e. The van der Waals surface area contributed by atoms with Crippen LogP contribution in [0, 0.1) is 5.82 Å². The minimum absolute atomic E-state index is 0.186. The van der Waals surface area contributed by atoms with Crippen molar-refractivity contribution in [1.82, 2.24) is 5.32 Å². The number of halogens is 2. The quantitative estimate of drug-likeness (QED) is 0.855. The first-order valence-corrected chi connectivity index (χ1v) is 6.74. The minimum Gasteiger partial charge on any atom is -0.345 e. The molecule has 0 radical (unpaired) electrons. The second-order valence-corrected chi connectivity index (χ2v) is 5.28. The van der Waals surface area contributed by atoms with Crippen LogP contribution in [0.5, 0.6) is 0 Å². The SMILES string of the molecule is O=C(NC1(CCl)CC1)c1ccc(F)c2ccccc12. The Labute approximate surface area is 115 Å². The third-order valence-electron chi connectivity index (χ3n) is 3.60. The number of fused-ring (bicyclic) bond motifs is 1. The third kappa shape index (κ3) is 2.19. The number of hydrogen-bond acceptors (Lipinski definition) is 1. The van der Waals surface area contributed by atoms with E-state index in [1.807, 2.05) is 0 Å². The fourth-order valence-electron chi connectivity index (χ4n) is 2.21. The average molecular weight is 278 g/mol. The Balaban J connectivity index is 2.01. The first-order chi connectivity index (χ1) is 9.15. The van der Waals surface area contributed by atoms with E-state index in [4.69, 9.17) is 11.6 Å². The van der Waals surface area contributed by atoms with Crippen LogP contribution in [0.15, 0.2) is 36.4 Å². The molecule has 0 heterocycles. The van der Waals surface area contributed by atoms with Crippen LogP contribution >= 0.6 is 11.6 Å². The van der Waals surface area contributed by atoms with Gasteiger partial charge in [-0.3, -0.25) is 4.79 Å². The zero-order valence-electron chi connectivity index (χ0n) is 10.2. The van der Waals surface area contributed by atoms with Gasteiger partial charge in [-0.1, -0.05) is 24.3 Å². The number of alkyl halides is 1. The number of carbonyl (C=O) groups excluding carboxylic acids is 1. The van der Waals surface area contributed by atoms with E-state index < -0.39 is 0 Å². The molecular formula is C15H13ClFNO. The van der Waals surface area contributed by atoms with Crippen molar-refractivity contribution in [1.29, 1.82) is 0 Å². The van der Waals surface area contributed by atoms with Gasteiger partial charge in [-0.15, -0.1) is 11.6 Å². The number of nitrogens with one attached hydrogen (secondary N) is 1. The van der Waals surface area contributed by atoms with Crippen LogP contribution in [-0.2, 0) is 0 Å². The van der Waals surface area contributed by atoms with Gasteiger partial charge in [-0.25, -0.2) is 4.39 Å². The van der Waals surface area contributed by atoms with E-state index in [0.29, 0.717) is 22.2 Å². The first-order valence-electron chi connectivity index (χ1n) is 6.21. The van der Waals surface area contributed by atoms with Crippen molar-refractivity contribution in [2.45, 2.75) is 18.4 Å². The molecule has 0 spiro atoms. The van der Waals surface area contributed by atoms with Crippen molar-refractivity contribution < 1.29 is 9.18 Å². The maximum atomic E-state index is 13.7. The summed E-state index contributed by atoms with van der Waals surface area (Å²) in [5, 5.41) is 4.05. The van der Waals surface area contributed by atoms with Gasteiger partial charge in [-0.05, 0) is 30.4 Å². The Morgan fingerprint density at radius 3 is 2.53 bits per heavy atom. The van der Waals surface area contributed by atoms with Crippen LogP contribution in [0.25, 0.3) is 10.8 Å². The molecule has 1 aliphatic rings. The second kappa shape index (κ2) is 4.49. The highest BCUT2D eigenvalue weighted by molar-refractivity contribution is 6.19. The van der Waals surface area contributed by atoms with Crippen LogP contribution in [0.4, 0.5) is 4.39 Å². The Morgan fingerprint density at radius 2 is 1.89 bits per heavy atom. The number of amides is 1. The molecule has 0 saturated heterocycles. The number of rotatable bonds is 3. The Hall–Kier alpha value is -1.61. The molecule has 19 heavy (non-hydrogen) atoms. The van der Waals surface area contributed by atoms with E-state index in [2.05, 4.69) is 5.32 Å². The van der Waals surface area contributed by atoms with Gasteiger partial charge < -0.3 is 5.32 Å². The van der Waals surface area contributed by atoms with Crippen LogP contribution in [0.1, 0.15) is 23.2 Å². The zero-order valence-corrected chi connectivity index (χ0v) is 11.0. The number of benzene rings is 2. The topological polar surface area (TPSA) is 29.1 Å². The van der Waals surface area contributed by atoms with E-state index in [1.54, 1.807) is 24.3 Å². The summed E-state index contributed by atoms with van der Waals surface area (Å²) in [5.74, 6) is -0.0855. The maximum absolute atomic E-state index is 13.7. The molecule has 2 aromatic carbocycles. The lowest BCUT2D eigenvalue weighted by molar-refractivity contribution is 0.0937. The highest BCUT2D eigenvalue weighted by atomic mass is 35.5. The lowest BCUT2D eigenvalue weighted by Crippen LogP contribution is -2.38. The van der Waals surface area contributed by atoms with Gasteiger partial charge in [0.2, 0.25) is 0 Å². The van der Waals surface area contributed by atoms with Crippen molar-refractivity contribution in [3.05, 3.63) is 47.8 Å². The van der Waals surface area contributed by atoms with Crippen LogP contribution in [0.2, 0.25) is 0 Å². The summed E-state index contributed by atoms with van der Waals surface area (Å²) in [7, 11) is 0. The minimum atomic E-state index is -0.314. The van der Waals surface area contributed by atoms with Crippen molar-refractivity contribution in [2.24, 2.45) is 0 Å². The molecule has 98 valence electrons. The predicted octanol–water partition coefficient (Wildman–Crippen LogP) is 3.48. The zero-order chi connectivity index (χ0) is 13.5. The molecule has 1 amide bonds. The van der Waals surface area contributed by atoms with Gasteiger partial charge in [0.25, 0.3) is 5.91 Å². The molecule has 1 saturated carbocycles. The summed E-state index contributed by atoms with van der Waals surface area (Å²) >= 11 is 5.86. The fourth-order valence-corrected chi connectivity index (χ4v) is 2.55. The van der Waals surface area contributed by atoms with Crippen molar-refractivity contribution >= 4 is 28.3 Å². The van der Waals surface area contributed by atoms with E-state index in [-0.39, 0.29) is 17.3 Å². The van der Waals surface area contributed by atoms with Crippen LogP contribution in [0.3, 0.4) is 0 Å². The van der Waals surface area contributed by atoms with Crippen LogP contribution in [-0.4, -0.2) is 17.3 Å². The summed E-state index contributed by atoms with van der Waals surface area (Å²) in [5.41, 5.74) is 0.238. The molecule has 2 nitrogen and oxygen atoms in total. The summed E-state index contributed by atoms with van der Waals surface area (Å²) in [4.78, 5) is 12.3. The molecule has 0 bridgehead atoms. The molecule has 2 aromatic rings. The van der Waals surface area contributed by atoms with E-state index in [1.165, 1.54) is 12.1 Å². The highest BCUT2D eigenvalue weighted by Gasteiger charge is 2.43. The second-order valence-electron chi connectivity index (χ2n) is 5.01. The van der Waals surface area contributed by atoms with Gasteiger partial charge in [0.1, 0.15) is 5.82 Å². The average Bonchev–Trinajstić information content (AvgIpc) is 3.19. The first kappa shape index (κ1) is 12.4. The molecule has 0 unspecified atom stereocenters. The summed E-state index contributed by atoms with van der Waals surface area (Å²) in [6.45, 7) is 0. The van der Waals surface area contributed by atoms with Gasteiger partial charge in [0.05, 0.1) is 5.54 Å². The van der Waals surface area contributed by atoms with Crippen LogP contribution < -0.4 is 5.32 Å². The predicted molar refractivity (Wildman–Crippen MR) is 74.1 cm³/mol. The Kier molecular flexibility index (Phi) is 2.94. The molecule has 3 rings (SSSR count). The summed E-state index contributed by atoms with van der Waals surface area (Å²) < 4.78 is 13.7. The standard InChI is InChI=1S/C15H13ClFNO/c16-9-15(7-8-15)18-14(19)12-5-6-13(17)11-4-2-1-3-10(11)12/h1-6H,7-9H2,(H,18,19). The highest BCUT2D eigenvalue weighted by Crippen LogP contribution is 2.37. The smallest absolute Gasteiger partial charge is 0.252 e. The third-order valence-corrected chi connectivity index (χ3v) is 4.12. The van der Waals surface area contributed by atoms with E-state index >= 15 is 0 Å².